The number of hydrogen-bond donors (Lipinski definition) is 1. The molecule has 0 atom stereocenters. The third-order valence-corrected chi connectivity index (χ3v) is 4.09. The van der Waals surface area contributed by atoms with Gasteiger partial charge in [0, 0.05) is 24.3 Å². The minimum atomic E-state index is 0.0726. The van der Waals surface area contributed by atoms with Crippen LogP contribution in [0.15, 0.2) is 46.4 Å². The summed E-state index contributed by atoms with van der Waals surface area (Å²) in [6.45, 7) is 0. The summed E-state index contributed by atoms with van der Waals surface area (Å²) in [4.78, 5) is 22.9. The van der Waals surface area contributed by atoms with Crippen LogP contribution in [0.5, 0.6) is 0 Å². The first kappa shape index (κ1) is 15.1. The predicted molar refractivity (Wildman–Crippen MR) is 93.1 cm³/mol. The highest BCUT2D eigenvalue weighted by molar-refractivity contribution is 7.12. The van der Waals surface area contributed by atoms with E-state index in [1.165, 1.54) is 11.3 Å². The van der Waals surface area contributed by atoms with Crippen LogP contribution >= 0.6 is 11.3 Å². The highest BCUT2D eigenvalue weighted by Gasteiger charge is 2.18. The van der Waals surface area contributed by atoms with Gasteiger partial charge in [-0.1, -0.05) is 23.4 Å². The van der Waals surface area contributed by atoms with Crippen molar-refractivity contribution in [2.24, 2.45) is 0 Å². The van der Waals surface area contributed by atoms with Crippen molar-refractivity contribution >= 4 is 28.9 Å². The van der Waals surface area contributed by atoms with Gasteiger partial charge >= 0.3 is 0 Å². The van der Waals surface area contributed by atoms with E-state index in [0.717, 1.165) is 5.69 Å². The molecule has 0 aliphatic carbocycles. The normalized spacial score (nSPS) is 10.8. The first-order chi connectivity index (χ1) is 12.2. The Morgan fingerprint density at radius 2 is 1.88 bits per heavy atom. The second-order valence-corrected chi connectivity index (χ2v) is 5.87. The van der Waals surface area contributed by atoms with Crippen LogP contribution in [0.3, 0.4) is 0 Å². The molecule has 9 nitrogen and oxygen atoms in total. The summed E-state index contributed by atoms with van der Waals surface area (Å²) in [6, 6.07) is 9.67. The Morgan fingerprint density at radius 1 is 1.04 bits per heavy atom. The molecule has 25 heavy (non-hydrogen) atoms. The largest absolute Gasteiger partial charge is 0.368 e. The molecule has 0 aliphatic heterocycles. The summed E-state index contributed by atoms with van der Waals surface area (Å²) < 4.78 is 5.22. The molecule has 0 spiro atoms. The Morgan fingerprint density at radius 3 is 2.64 bits per heavy atom. The molecular formula is C15H12N8OS. The molecule has 1 aromatic carbocycles. The van der Waals surface area contributed by atoms with Crippen molar-refractivity contribution in [3.05, 3.63) is 41.9 Å². The third-order valence-electron chi connectivity index (χ3n) is 3.33. The number of nitrogen functional groups attached to an aromatic ring is 1. The Labute approximate surface area is 146 Å². The van der Waals surface area contributed by atoms with Gasteiger partial charge in [-0.2, -0.15) is 19.9 Å². The monoisotopic (exact) mass is 352 g/mol. The summed E-state index contributed by atoms with van der Waals surface area (Å²) in [5.41, 5.74) is 6.74. The fourth-order valence-corrected chi connectivity index (χ4v) is 2.68. The van der Waals surface area contributed by atoms with Crippen LogP contribution in [0.1, 0.15) is 0 Å². The molecule has 2 N–H and O–H groups in total. The summed E-state index contributed by atoms with van der Waals surface area (Å²) in [5, 5.41) is 6.36. The Hall–Kier alpha value is -3.40. The van der Waals surface area contributed by atoms with Gasteiger partial charge < -0.3 is 15.2 Å². The van der Waals surface area contributed by atoms with E-state index in [1.54, 1.807) is 11.1 Å². The lowest BCUT2D eigenvalue weighted by Gasteiger charge is -2.17. The van der Waals surface area contributed by atoms with Crippen molar-refractivity contribution in [2.75, 3.05) is 17.7 Å². The molecule has 4 rings (SSSR count). The van der Waals surface area contributed by atoms with Gasteiger partial charge in [-0.05, 0) is 12.1 Å². The number of rotatable bonds is 4. The van der Waals surface area contributed by atoms with E-state index in [1.807, 2.05) is 42.8 Å². The molecule has 0 amide bonds. The smallest absolute Gasteiger partial charge is 0.287 e. The van der Waals surface area contributed by atoms with Crippen LogP contribution in [-0.2, 0) is 0 Å². The van der Waals surface area contributed by atoms with Crippen LogP contribution in [0, 0.1) is 0 Å². The quantitative estimate of drug-likeness (QED) is 0.590. The van der Waals surface area contributed by atoms with E-state index < -0.39 is 0 Å². The molecule has 10 heteroatoms. The van der Waals surface area contributed by atoms with Crippen molar-refractivity contribution in [3.63, 3.8) is 0 Å². The average molecular weight is 352 g/mol. The van der Waals surface area contributed by atoms with E-state index in [4.69, 9.17) is 10.3 Å². The number of thiazole rings is 1. The molecule has 3 aromatic heterocycles. The SMILES string of the molecule is CN(c1ccccc1)c1nc(N)nc(-c2noc(-c3nccs3)n2)n1. The Balaban J connectivity index is 1.71. The number of nitrogens with two attached hydrogens (primary N) is 1. The van der Waals surface area contributed by atoms with Crippen molar-refractivity contribution < 1.29 is 4.52 Å². The van der Waals surface area contributed by atoms with E-state index in [0.29, 0.717) is 16.8 Å². The molecule has 0 fully saturated rings. The highest BCUT2D eigenvalue weighted by Crippen LogP contribution is 2.24. The van der Waals surface area contributed by atoms with Crippen molar-refractivity contribution in [3.8, 4) is 22.5 Å². The third kappa shape index (κ3) is 3.02. The lowest BCUT2D eigenvalue weighted by atomic mass is 10.3. The molecule has 0 saturated heterocycles. The molecule has 0 aliphatic rings. The summed E-state index contributed by atoms with van der Waals surface area (Å²) >= 11 is 1.40. The minimum Gasteiger partial charge on any atom is -0.368 e. The van der Waals surface area contributed by atoms with Gasteiger partial charge in [0.25, 0.3) is 5.89 Å². The molecular weight excluding hydrogens is 340 g/mol. The van der Waals surface area contributed by atoms with Gasteiger partial charge in [-0.25, -0.2) is 4.98 Å². The maximum absolute atomic E-state index is 5.83. The molecule has 0 bridgehead atoms. The molecule has 0 unspecified atom stereocenters. The number of aromatic nitrogens is 6. The second-order valence-electron chi connectivity index (χ2n) is 4.97. The lowest BCUT2D eigenvalue weighted by Crippen LogP contribution is -2.15. The molecule has 0 radical (unpaired) electrons. The van der Waals surface area contributed by atoms with Crippen LogP contribution < -0.4 is 10.6 Å². The number of para-hydroxylation sites is 1. The zero-order valence-electron chi connectivity index (χ0n) is 13.1. The van der Waals surface area contributed by atoms with Crippen molar-refractivity contribution in [1.29, 1.82) is 0 Å². The number of hydrogen-bond acceptors (Lipinski definition) is 10. The average Bonchev–Trinajstić information content (AvgIpc) is 3.32. The van der Waals surface area contributed by atoms with Crippen LogP contribution in [0.2, 0.25) is 0 Å². The summed E-state index contributed by atoms with van der Waals surface area (Å²) in [7, 11) is 1.84. The minimum absolute atomic E-state index is 0.0726. The standard InChI is InChI=1S/C15H12N8OS/c1-23(9-5-3-2-4-6-9)15-20-10(19-14(16)21-15)11-18-12(24-22-11)13-17-7-8-25-13/h2-8H,1H3,(H2,16,19,20,21). The van der Waals surface area contributed by atoms with E-state index in [-0.39, 0.29) is 17.6 Å². The van der Waals surface area contributed by atoms with Crippen LogP contribution in [-0.4, -0.2) is 37.1 Å². The van der Waals surface area contributed by atoms with Gasteiger partial charge in [-0.3, -0.25) is 0 Å². The maximum atomic E-state index is 5.83. The maximum Gasteiger partial charge on any atom is 0.287 e. The lowest BCUT2D eigenvalue weighted by molar-refractivity contribution is 0.431. The van der Waals surface area contributed by atoms with Gasteiger partial charge in [0.2, 0.25) is 23.5 Å². The topological polar surface area (TPSA) is 120 Å². The predicted octanol–water partition coefficient (Wildman–Crippen LogP) is 2.40. The van der Waals surface area contributed by atoms with E-state index in [9.17, 15) is 0 Å². The highest BCUT2D eigenvalue weighted by atomic mass is 32.1. The van der Waals surface area contributed by atoms with Crippen molar-refractivity contribution in [2.45, 2.75) is 0 Å². The molecule has 0 saturated carbocycles. The van der Waals surface area contributed by atoms with Gasteiger partial charge in [0.05, 0.1) is 0 Å². The first-order valence-corrected chi connectivity index (χ1v) is 8.13. The zero-order valence-corrected chi connectivity index (χ0v) is 13.9. The van der Waals surface area contributed by atoms with Gasteiger partial charge in [-0.15, -0.1) is 11.3 Å². The molecule has 124 valence electrons. The van der Waals surface area contributed by atoms with Crippen LogP contribution in [0.25, 0.3) is 22.5 Å². The fraction of sp³-hybridized carbons (Fsp3) is 0.0667. The zero-order chi connectivity index (χ0) is 17.2. The molecule has 4 aromatic rings. The summed E-state index contributed by atoms with van der Waals surface area (Å²) in [6.07, 6.45) is 1.66. The van der Waals surface area contributed by atoms with E-state index in [2.05, 4.69) is 30.1 Å². The Kier molecular flexibility index (Phi) is 3.78. The second kappa shape index (κ2) is 6.24. The van der Waals surface area contributed by atoms with Crippen LogP contribution in [0.4, 0.5) is 17.6 Å². The fourth-order valence-electron chi connectivity index (χ4n) is 2.13. The number of anilines is 3. The Bertz CT molecular complexity index is 986. The summed E-state index contributed by atoms with van der Waals surface area (Å²) in [5.74, 6) is 1.22. The first-order valence-electron chi connectivity index (χ1n) is 7.25. The van der Waals surface area contributed by atoms with E-state index >= 15 is 0 Å². The molecule has 3 heterocycles. The van der Waals surface area contributed by atoms with Gasteiger partial charge in [0.1, 0.15) is 0 Å². The number of benzene rings is 1. The van der Waals surface area contributed by atoms with Crippen molar-refractivity contribution in [1.82, 2.24) is 30.1 Å². The number of nitrogens with zero attached hydrogens (tertiary/aromatic N) is 7. The van der Waals surface area contributed by atoms with Gasteiger partial charge in [0.15, 0.2) is 5.01 Å².